The fourth-order valence-corrected chi connectivity index (χ4v) is 4.43. The molecule has 0 bridgehead atoms. The van der Waals surface area contributed by atoms with Gasteiger partial charge in [-0.05, 0) is 36.8 Å². The van der Waals surface area contributed by atoms with Crippen LogP contribution in [0.1, 0.15) is 16.1 Å². The molecule has 1 aromatic heterocycles. The van der Waals surface area contributed by atoms with Crippen molar-refractivity contribution in [2.24, 2.45) is 0 Å². The SMILES string of the molecule is Cc1ccccc1N1CCN(C(=O)c2cc(-c3ccccc3)nn2-c2ccc([N+](=O)[O-])cc2)CC1. The van der Waals surface area contributed by atoms with E-state index < -0.39 is 4.92 Å². The monoisotopic (exact) mass is 467 g/mol. The van der Waals surface area contributed by atoms with Crippen molar-refractivity contribution in [1.29, 1.82) is 0 Å². The van der Waals surface area contributed by atoms with E-state index in [4.69, 9.17) is 5.10 Å². The van der Waals surface area contributed by atoms with Gasteiger partial charge in [0.25, 0.3) is 11.6 Å². The van der Waals surface area contributed by atoms with Crippen LogP contribution in [0.4, 0.5) is 11.4 Å². The number of nitrogens with zero attached hydrogens (tertiary/aromatic N) is 5. The first-order chi connectivity index (χ1) is 17.0. The van der Waals surface area contributed by atoms with Crippen LogP contribution in [0.5, 0.6) is 0 Å². The maximum absolute atomic E-state index is 13.7. The Balaban J connectivity index is 1.44. The molecule has 1 aliphatic rings. The number of piperazine rings is 1. The summed E-state index contributed by atoms with van der Waals surface area (Å²) in [5.74, 6) is -0.109. The van der Waals surface area contributed by atoms with E-state index in [2.05, 4.69) is 24.0 Å². The highest BCUT2D eigenvalue weighted by atomic mass is 16.6. The Hall–Kier alpha value is -4.46. The van der Waals surface area contributed by atoms with Crippen LogP contribution >= 0.6 is 0 Å². The minimum atomic E-state index is -0.442. The molecular weight excluding hydrogens is 442 g/mol. The van der Waals surface area contributed by atoms with Crippen molar-refractivity contribution < 1.29 is 9.72 Å². The van der Waals surface area contributed by atoms with Crippen LogP contribution in [0.15, 0.2) is 84.9 Å². The first-order valence-corrected chi connectivity index (χ1v) is 11.5. The topological polar surface area (TPSA) is 84.5 Å². The standard InChI is InChI=1S/C27H25N5O3/c1-20-7-5-6-10-25(20)29-15-17-30(18-16-29)27(33)26-19-24(21-8-3-2-4-9-21)28-31(26)22-11-13-23(14-12-22)32(34)35/h2-14,19H,15-18H2,1H3. The summed E-state index contributed by atoms with van der Waals surface area (Å²) in [5, 5.41) is 15.8. The Morgan fingerprint density at radius 1 is 0.886 bits per heavy atom. The molecule has 0 atom stereocenters. The lowest BCUT2D eigenvalue weighted by atomic mass is 10.1. The maximum Gasteiger partial charge on any atom is 0.272 e. The third kappa shape index (κ3) is 4.50. The number of aryl methyl sites for hydroxylation is 1. The van der Waals surface area contributed by atoms with Crippen molar-refractivity contribution in [2.45, 2.75) is 6.92 Å². The molecule has 176 valence electrons. The average molecular weight is 468 g/mol. The van der Waals surface area contributed by atoms with Gasteiger partial charge in [-0.25, -0.2) is 4.68 Å². The summed E-state index contributed by atoms with van der Waals surface area (Å²) in [6.07, 6.45) is 0. The van der Waals surface area contributed by atoms with Crippen molar-refractivity contribution in [2.75, 3.05) is 31.1 Å². The molecule has 5 rings (SSSR count). The Kier molecular flexibility index (Phi) is 6.01. The summed E-state index contributed by atoms with van der Waals surface area (Å²) in [6.45, 7) is 4.78. The lowest BCUT2D eigenvalue weighted by Crippen LogP contribution is -2.49. The number of aromatic nitrogens is 2. The van der Waals surface area contributed by atoms with Gasteiger partial charge in [0.15, 0.2) is 0 Å². The van der Waals surface area contributed by atoms with Gasteiger partial charge in [-0.3, -0.25) is 14.9 Å². The van der Waals surface area contributed by atoms with E-state index in [0.29, 0.717) is 30.2 Å². The number of benzene rings is 3. The fraction of sp³-hybridized carbons (Fsp3) is 0.185. The summed E-state index contributed by atoms with van der Waals surface area (Å²) in [6, 6.07) is 25.8. The lowest BCUT2D eigenvalue weighted by Gasteiger charge is -2.36. The van der Waals surface area contributed by atoms with Crippen LogP contribution in [0.25, 0.3) is 16.9 Å². The summed E-state index contributed by atoms with van der Waals surface area (Å²) < 4.78 is 1.59. The summed E-state index contributed by atoms with van der Waals surface area (Å²) in [4.78, 5) is 28.5. The number of non-ortho nitro benzene ring substituents is 1. The van der Waals surface area contributed by atoms with Crippen molar-refractivity contribution >= 4 is 17.3 Å². The summed E-state index contributed by atoms with van der Waals surface area (Å²) >= 11 is 0. The molecular formula is C27H25N5O3. The Labute approximate surface area is 203 Å². The molecule has 4 aromatic rings. The van der Waals surface area contributed by atoms with E-state index in [-0.39, 0.29) is 11.6 Å². The molecule has 0 saturated carbocycles. The maximum atomic E-state index is 13.7. The van der Waals surface area contributed by atoms with Crippen LogP contribution in [0, 0.1) is 17.0 Å². The zero-order valence-electron chi connectivity index (χ0n) is 19.4. The Morgan fingerprint density at radius 2 is 1.54 bits per heavy atom. The fourth-order valence-electron chi connectivity index (χ4n) is 4.43. The number of nitro benzene ring substituents is 1. The minimum Gasteiger partial charge on any atom is -0.368 e. The highest BCUT2D eigenvalue weighted by Gasteiger charge is 2.27. The second kappa shape index (κ2) is 9.42. The van der Waals surface area contributed by atoms with Crippen molar-refractivity contribution in [1.82, 2.24) is 14.7 Å². The number of nitro groups is 1. The van der Waals surface area contributed by atoms with Gasteiger partial charge in [0.1, 0.15) is 5.69 Å². The van der Waals surface area contributed by atoms with Gasteiger partial charge in [-0.2, -0.15) is 5.10 Å². The summed E-state index contributed by atoms with van der Waals surface area (Å²) in [7, 11) is 0. The Bertz CT molecular complexity index is 1360. The second-order valence-corrected chi connectivity index (χ2v) is 8.53. The molecule has 8 nitrogen and oxygen atoms in total. The van der Waals surface area contributed by atoms with E-state index in [1.807, 2.05) is 47.4 Å². The number of carbonyl (C=O) groups excluding carboxylic acids is 1. The average Bonchev–Trinajstić information content (AvgIpc) is 3.35. The molecule has 1 aliphatic heterocycles. The normalized spacial score (nSPS) is 13.6. The first-order valence-electron chi connectivity index (χ1n) is 11.5. The van der Waals surface area contributed by atoms with Gasteiger partial charge >= 0.3 is 0 Å². The number of para-hydroxylation sites is 1. The largest absolute Gasteiger partial charge is 0.368 e. The third-order valence-corrected chi connectivity index (χ3v) is 6.33. The molecule has 1 saturated heterocycles. The number of hydrogen-bond donors (Lipinski definition) is 0. The Morgan fingerprint density at radius 3 is 2.20 bits per heavy atom. The van der Waals surface area contributed by atoms with E-state index in [1.54, 1.807) is 22.9 Å². The van der Waals surface area contributed by atoms with Gasteiger partial charge < -0.3 is 9.80 Å². The number of anilines is 1. The second-order valence-electron chi connectivity index (χ2n) is 8.53. The summed E-state index contributed by atoms with van der Waals surface area (Å²) in [5.41, 5.74) is 5.00. The van der Waals surface area contributed by atoms with Crippen LogP contribution in [0.2, 0.25) is 0 Å². The van der Waals surface area contributed by atoms with Crippen LogP contribution < -0.4 is 4.90 Å². The smallest absolute Gasteiger partial charge is 0.272 e. The molecule has 0 spiro atoms. The molecule has 1 fully saturated rings. The molecule has 0 radical (unpaired) electrons. The quantitative estimate of drug-likeness (QED) is 0.313. The number of amides is 1. The molecule has 0 N–H and O–H groups in total. The van der Waals surface area contributed by atoms with Crippen molar-refractivity contribution in [3.05, 3.63) is 106 Å². The van der Waals surface area contributed by atoms with Crippen molar-refractivity contribution in [3.8, 4) is 16.9 Å². The van der Waals surface area contributed by atoms with Gasteiger partial charge in [0, 0.05) is 49.6 Å². The first kappa shape index (κ1) is 22.3. The van der Waals surface area contributed by atoms with Crippen LogP contribution in [-0.4, -0.2) is 51.7 Å². The molecule has 0 unspecified atom stereocenters. The number of carbonyl (C=O) groups is 1. The van der Waals surface area contributed by atoms with Gasteiger partial charge in [-0.1, -0.05) is 48.5 Å². The molecule has 3 aromatic carbocycles. The van der Waals surface area contributed by atoms with Gasteiger partial charge in [0.2, 0.25) is 0 Å². The molecule has 8 heteroatoms. The van der Waals surface area contributed by atoms with E-state index in [1.165, 1.54) is 23.4 Å². The van der Waals surface area contributed by atoms with Crippen molar-refractivity contribution in [3.63, 3.8) is 0 Å². The number of hydrogen-bond acceptors (Lipinski definition) is 5. The zero-order chi connectivity index (χ0) is 24.4. The van der Waals surface area contributed by atoms with Crippen LogP contribution in [-0.2, 0) is 0 Å². The van der Waals surface area contributed by atoms with E-state index in [0.717, 1.165) is 18.7 Å². The third-order valence-electron chi connectivity index (χ3n) is 6.33. The van der Waals surface area contributed by atoms with Gasteiger partial charge in [-0.15, -0.1) is 0 Å². The highest BCUT2D eigenvalue weighted by Crippen LogP contribution is 2.25. The predicted octanol–water partition coefficient (Wildman–Crippen LogP) is 4.72. The lowest BCUT2D eigenvalue weighted by molar-refractivity contribution is -0.384. The van der Waals surface area contributed by atoms with Gasteiger partial charge in [0.05, 0.1) is 16.3 Å². The minimum absolute atomic E-state index is 0.00982. The van der Waals surface area contributed by atoms with Crippen LogP contribution in [0.3, 0.4) is 0 Å². The predicted molar refractivity (Wildman–Crippen MR) is 135 cm³/mol. The zero-order valence-corrected chi connectivity index (χ0v) is 19.4. The molecule has 1 amide bonds. The van der Waals surface area contributed by atoms with E-state index in [9.17, 15) is 14.9 Å². The molecule has 2 heterocycles. The number of rotatable bonds is 5. The molecule has 0 aliphatic carbocycles. The van der Waals surface area contributed by atoms with E-state index >= 15 is 0 Å². The molecule has 35 heavy (non-hydrogen) atoms. The highest BCUT2D eigenvalue weighted by molar-refractivity contribution is 5.94.